The zero-order valence-electron chi connectivity index (χ0n) is 22.4. The first-order chi connectivity index (χ1) is 18.0. The van der Waals surface area contributed by atoms with Gasteiger partial charge < -0.3 is 4.90 Å². The maximum atomic E-state index is 14.5. The lowest BCUT2D eigenvalue weighted by molar-refractivity contribution is -0.155. The molecule has 1 aliphatic carbocycles. The number of sulfonamides is 1. The number of carbonyl (C=O) groups is 1. The van der Waals surface area contributed by atoms with Crippen LogP contribution in [0.3, 0.4) is 0 Å². The molecule has 206 valence electrons. The van der Waals surface area contributed by atoms with Gasteiger partial charge in [-0.15, -0.1) is 6.58 Å². The van der Waals surface area contributed by atoms with Gasteiger partial charge in [-0.05, 0) is 73.9 Å². The molecule has 0 spiro atoms. The van der Waals surface area contributed by atoms with Crippen LogP contribution in [0.15, 0.2) is 61.2 Å². The van der Waals surface area contributed by atoms with Crippen LogP contribution >= 0.6 is 23.2 Å². The van der Waals surface area contributed by atoms with Crippen LogP contribution in [-0.4, -0.2) is 48.4 Å². The molecule has 1 aliphatic heterocycles. The van der Waals surface area contributed by atoms with Gasteiger partial charge in [0.2, 0.25) is 15.9 Å². The first kappa shape index (κ1) is 29.1. The highest BCUT2D eigenvalue weighted by atomic mass is 35.5. The summed E-state index contributed by atoms with van der Waals surface area (Å²) in [5.41, 5.74) is 1.41. The number of amides is 1. The average molecular weight is 578 g/mol. The lowest BCUT2D eigenvalue weighted by Gasteiger charge is -2.52. The van der Waals surface area contributed by atoms with Crippen molar-refractivity contribution in [1.29, 1.82) is 0 Å². The van der Waals surface area contributed by atoms with Crippen molar-refractivity contribution in [1.82, 2.24) is 9.21 Å². The molecule has 38 heavy (non-hydrogen) atoms. The summed E-state index contributed by atoms with van der Waals surface area (Å²) in [6.45, 7) is 8.21. The number of piperidine rings is 1. The number of halogens is 2. The highest BCUT2D eigenvalue weighted by Crippen LogP contribution is 2.52. The minimum Gasteiger partial charge on any atom is -0.330 e. The molecule has 0 N–H and O–H groups in total. The molecule has 8 heteroatoms. The first-order valence-corrected chi connectivity index (χ1v) is 15.7. The second-order valence-electron chi connectivity index (χ2n) is 11.0. The van der Waals surface area contributed by atoms with E-state index in [0.29, 0.717) is 42.1 Å². The molecular weight excluding hydrogens is 539 g/mol. The van der Waals surface area contributed by atoms with E-state index >= 15 is 0 Å². The Balaban J connectivity index is 1.84. The summed E-state index contributed by atoms with van der Waals surface area (Å²) in [6, 6.07) is 14.9. The van der Waals surface area contributed by atoms with Crippen LogP contribution in [0.4, 0.5) is 0 Å². The van der Waals surface area contributed by atoms with E-state index in [1.807, 2.05) is 67.3 Å². The molecule has 2 aliphatic rings. The molecule has 1 heterocycles. The molecule has 1 amide bonds. The van der Waals surface area contributed by atoms with Crippen molar-refractivity contribution in [2.24, 2.45) is 5.41 Å². The monoisotopic (exact) mass is 576 g/mol. The van der Waals surface area contributed by atoms with Crippen LogP contribution < -0.4 is 0 Å². The van der Waals surface area contributed by atoms with Crippen molar-refractivity contribution in [3.05, 3.63) is 82.4 Å². The van der Waals surface area contributed by atoms with E-state index in [9.17, 15) is 13.2 Å². The smallest absolute Gasteiger partial charge is 0.229 e. The molecule has 0 aromatic heterocycles. The lowest BCUT2D eigenvalue weighted by atomic mass is 9.66. The highest BCUT2D eigenvalue weighted by molar-refractivity contribution is 7.90. The Labute approximate surface area is 237 Å². The fraction of sp³-hybridized carbons (Fsp3) is 0.500. The van der Waals surface area contributed by atoms with Crippen LogP contribution in [0.25, 0.3) is 0 Å². The lowest BCUT2D eigenvalue weighted by Crippen LogP contribution is -2.58. The van der Waals surface area contributed by atoms with E-state index in [2.05, 4.69) is 12.6 Å². The summed E-state index contributed by atoms with van der Waals surface area (Å²) in [4.78, 5) is 16.5. The zero-order chi connectivity index (χ0) is 27.7. The molecular formula is C30H38Cl2N2O3S. The molecule has 2 aromatic carbocycles. The van der Waals surface area contributed by atoms with Gasteiger partial charge in [0.25, 0.3) is 0 Å². The number of carbonyl (C=O) groups excluding carboxylic acids is 1. The number of hydrogen-bond donors (Lipinski definition) is 0. The first-order valence-electron chi connectivity index (χ1n) is 13.4. The third kappa shape index (κ3) is 5.99. The summed E-state index contributed by atoms with van der Waals surface area (Å²) in [7, 11) is -1.74. The predicted octanol–water partition coefficient (Wildman–Crippen LogP) is 7.23. The summed E-state index contributed by atoms with van der Waals surface area (Å²) in [5, 5.41) is 0.974. The van der Waals surface area contributed by atoms with Gasteiger partial charge in [-0.3, -0.25) is 4.79 Å². The number of benzene rings is 2. The van der Waals surface area contributed by atoms with Gasteiger partial charge in [0.1, 0.15) is 0 Å². The Kier molecular flexibility index (Phi) is 8.98. The van der Waals surface area contributed by atoms with Crippen molar-refractivity contribution in [2.45, 2.75) is 75.6 Å². The van der Waals surface area contributed by atoms with Gasteiger partial charge in [0.05, 0.1) is 11.3 Å². The van der Waals surface area contributed by atoms with Crippen LogP contribution in [0.1, 0.15) is 75.5 Å². The Morgan fingerprint density at radius 2 is 1.82 bits per heavy atom. The van der Waals surface area contributed by atoms with Crippen molar-refractivity contribution >= 4 is 39.1 Å². The molecule has 5 nitrogen and oxygen atoms in total. The van der Waals surface area contributed by atoms with E-state index < -0.39 is 15.4 Å². The number of rotatable bonds is 11. The van der Waals surface area contributed by atoms with Crippen LogP contribution in [-0.2, 0) is 14.8 Å². The fourth-order valence-corrected chi connectivity index (χ4v) is 7.81. The normalized spacial score (nSPS) is 25.0. The van der Waals surface area contributed by atoms with Crippen molar-refractivity contribution < 1.29 is 13.2 Å². The summed E-state index contributed by atoms with van der Waals surface area (Å²) in [5.74, 6) is 0.0171. The zero-order valence-corrected chi connectivity index (χ0v) is 24.8. The van der Waals surface area contributed by atoms with Gasteiger partial charge in [-0.2, -0.15) is 0 Å². The summed E-state index contributed by atoms with van der Waals surface area (Å²) >= 11 is 12.7. The van der Waals surface area contributed by atoms with Gasteiger partial charge >= 0.3 is 0 Å². The SMILES string of the molecule is C=CCCC1(C)CC(c2cccc(Cl)c2)C(c2ccc(Cl)cc2)N(C(CC)CN(C)S(=O)(=O)C2CC2)C1=O. The Morgan fingerprint density at radius 1 is 1.13 bits per heavy atom. The maximum Gasteiger partial charge on any atom is 0.229 e. The molecule has 4 unspecified atom stereocenters. The molecule has 4 rings (SSSR count). The molecule has 0 radical (unpaired) electrons. The highest BCUT2D eigenvalue weighted by Gasteiger charge is 2.51. The van der Waals surface area contributed by atoms with Gasteiger partial charge in [-0.1, -0.05) is 67.4 Å². The Bertz CT molecular complexity index is 1260. The molecule has 0 bridgehead atoms. The summed E-state index contributed by atoms with van der Waals surface area (Å²) < 4.78 is 27.6. The van der Waals surface area contributed by atoms with Crippen LogP contribution in [0.5, 0.6) is 0 Å². The van der Waals surface area contributed by atoms with Crippen LogP contribution in [0, 0.1) is 5.41 Å². The van der Waals surface area contributed by atoms with E-state index in [4.69, 9.17) is 23.2 Å². The van der Waals surface area contributed by atoms with Gasteiger partial charge in [0, 0.05) is 41.0 Å². The number of likely N-dealkylation sites (tertiary alicyclic amines) is 1. The van der Waals surface area contributed by atoms with Gasteiger partial charge in [-0.25, -0.2) is 12.7 Å². The van der Waals surface area contributed by atoms with E-state index in [1.54, 1.807) is 7.05 Å². The Hall–Kier alpha value is -1.86. The average Bonchev–Trinajstić information content (AvgIpc) is 3.75. The topological polar surface area (TPSA) is 57.7 Å². The van der Waals surface area contributed by atoms with E-state index in [0.717, 1.165) is 17.5 Å². The van der Waals surface area contributed by atoms with Crippen molar-refractivity contribution in [3.63, 3.8) is 0 Å². The number of likely N-dealkylation sites (N-methyl/N-ethyl adjacent to an activating group) is 1. The Morgan fingerprint density at radius 3 is 2.39 bits per heavy atom. The third-order valence-electron chi connectivity index (χ3n) is 8.20. The largest absolute Gasteiger partial charge is 0.330 e. The van der Waals surface area contributed by atoms with E-state index in [-0.39, 0.29) is 35.7 Å². The molecule has 2 fully saturated rings. The maximum absolute atomic E-state index is 14.5. The fourth-order valence-electron chi connectivity index (χ4n) is 5.86. The molecule has 1 saturated heterocycles. The number of hydrogen-bond acceptors (Lipinski definition) is 3. The van der Waals surface area contributed by atoms with Crippen LogP contribution in [0.2, 0.25) is 10.0 Å². The predicted molar refractivity (Wildman–Crippen MR) is 156 cm³/mol. The third-order valence-corrected chi connectivity index (χ3v) is 11.0. The molecule has 1 saturated carbocycles. The van der Waals surface area contributed by atoms with Gasteiger partial charge in [0.15, 0.2) is 0 Å². The molecule has 2 aromatic rings. The minimum absolute atomic E-state index is 0.0400. The summed E-state index contributed by atoms with van der Waals surface area (Å²) in [6.07, 6.45) is 5.93. The van der Waals surface area contributed by atoms with Crippen molar-refractivity contribution in [2.75, 3.05) is 13.6 Å². The second kappa shape index (κ2) is 11.7. The minimum atomic E-state index is -3.38. The van der Waals surface area contributed by atoms with Crippen molar-refractivity contribution in [3.8, 4) is 0 Å². The quantitative estimate of drug-likeness (QED) is 0.265. The standard InChI is InChI=1S/C30H38Cl2N2O3S/c1-5-7-17-30(3)19-27(22-9-8-10-24(32)18-22)28(21-11-13-23(31)14-12-21)34(29(30)35)25(6-2)20-33(4)38(36,37)26-15-16-26/h5,8-14,18,25-28H,1,6-7,15-17,19-20H2,2-4H3. The van der Waals surface area contributed by atoms with E-state index in [1.165, 1.54) is 4.31 Å². The number of allylic oxidation sites excluding steroid dienone is 1. The number of nitrogens with zero attached hydrogens (tertiary/aromatic N) is 2. The molecule has 4 atom stereocenters. The second-order valence-corrected chi connectivity index (χ2v) is 14.2.